The Morgan fingerprint density at radius 1 is 0.961 bits per heavy atom. The Morgan fingerprint density at radius 3 is 2.31 bits per heavy atom. The quantitative estimate of drug-likeness (QED) is 0.172. The van der Waals surface area contributed by atoms with Gasteiger partial charge in [0, 0.05) is 34.3 Å². The fourth-order valence-corrected chi connectivity index (χ4v) is 11.0. The molecule has 3 fully saturated rings. The van der Waals surface area contributed by atoms with Gasteiger partial charge in [0.15, 0.2) is 0 Å². The number of aromatic nitrogens is 2. The molecule has 9 nitrogen and oxygen atoms in total. The van der Waals surface area contributed by atoms with Crippen molar-refractivity contribution in [2.24, 2.45) is 36.1 Å². The number of allylic oxidation sites excluding steroid dienone is 2. The maximum atomic E-state index is 15.1. The number of amides is 4. The molecule has 2 aliphatic carbocycles. The number of likely N-dealkylation sites (tertiary alicyclic amines) is 1. The molecular weight excluding hydrogens is 684 g/mol. The van der Waals surface area contributed by atoms with Crippen LogP contribution >= 0.6 is 22.9 Å². The number of carbonyl (C=O) groups is 4. The molecule has 8 rings (SSSR count). The lowest BCUT2D eigenvalue weighted by molar-refractivity contribution is -0.145. The van der Waals surface area contributed by atoms with Gasteiger partial charge in [-0.2, -0.15) is 5.10 Å². The predicted octanol–water partition coefficient (Wildman–Crippen LogP) is 7.62. The molecule has 6 unspecified atom stereocenters. The second-order valence-corrected chi connectivity index (χ2v) is 17.5. The third-order valence-electron chi connectivity index (χ3n) is 12.0. The largest absolute Gasteiger partial charge is 0.507 e. The molecule has 0 spiro atoms. The molecule has 1 saturated carbocycles. The van der Waals surface area contributed by atoms with Crippen molar-refractivity contribution in [3.8, 4) is 16.3 Å². The van der Waals surface area contributed by atoms with E-state index in [1.807, 2.05) is 84.9 Å². The number of aromatic hydroxyl groups is 1. The van der Waals surface area contributed by atoms with Gasteiger partial charge in [-0.15, -0.1) is 11.3 Å². The summed E-state index contributed by atoms with van der Waals surface area (Å²) in [4.78, 5) is 61.5. The monoisotopic (exact) mass is 724 g/mol. The highest BCUT2D eigenvalue weighted by Crippen LogP contribution is 2.64. The highest BCUT2D eigenvalue weighted by atomic mass is 35.5. The van der Waals surface area contributed by atoms with E-state index in [4.69, 9.17) is 16.7 Å². The van der Waals surface area contributed by atoms with E-state index in [0.29, 0.717) is 34.1 Å². The Morgan fingerprint density at radius 2 is 1.65 bits per heavy atom. The Labute approximate surface area is 305 Å². The van der Waals surface area contributed by atoms with E-state index in [9.17, 15) is 19.5 Å². The van der Waals surface area contributed by atoms with Crippen LogP contribution in [0.4, 0.5) is 5.82 Å². The lowest BCUT2D eigenvalue weighted by atomic mass is 9.51. The number of carbonyl (C=O) groups excluding carboxylic acids is 4. The summed E-state index contributed by atoms with van der Waals surface area (Å²) in [6, 6.07) is 11.4. The zero-order chi connectivity index (χ0) is 36.6. The molecule has 6 atom stereocenters. The molecule has 264 valence electrons. The van der Waals surface area contributed by atoms with E-state index in [0.717, 1.165) is 31.7 Å². The number of fused-ring (bicyclic) bond motifs is 5. The van der Waals surface area contributed by atoms with Crippen LogP contribution in [0.5, 0.6) is 5.75 Å². The third-order valence-corrected chi connectivity index (χ3v) is 13.5. The number of halogens is 1. The summed E-state index contributed by atoms with van der Waals surface area (Å²) >= 11 is 7.90. The normalized spacial score (nSPS) is 27.7. The smallest absolute Gasteiger partial charge is 0.242 e. The fraction of sp³-hybridized carbons (Fsp3) is 0.425. The average Bonchev–Trinajstić information content (AvgIpc) is 3.73. The number of aryl methyl sites for hydroxylation is 4. The lowest BCUT2D eigenvalue weighted by Crippen LogP contribution is -2.49. The molecule has 2 aromatic heterocycles. The summed E-state index contributed by atoms with van der Waals surface area (Å²) < 4.78 is 2.65. The Hall–Kier alpha value is -4.28. The van der Waals surface area contributed by atoms with Crippen molar-refractivity contribution in [2.45, 2.75) is 72.8 Å². The van der Waals surface area contributed by atoms with Crippen LogP contribution in [0.25, 0.3) is 20.7 Å². The van der Waals surface area contributed by atoms with Crippen molar-refractivity contribution < 1.29 is 24.3 Å². The molecule has 1 N–H and O–H groups in total. The number of phenols is 1. The third kappa shape index (κ3) is 4.61. The first-order valence-corrected chi connectivity index (χ1v) is 18.6. The number of thiophene rings is 1. The van der Waals surface area contributed by atoms with E-state index in [2.05, 4.69) is 6.08 Å². The summed E-state index contributed by atoms with van der Waals surface area (Å²) in [6.45, 7) is 13.2. The second-order valence-electron chi connectivity index (χ2n) is 16.1. The van der Waals surface area contributed by atoms with Crippen molar-refractivity contribution in [1.82, 2.24) is 14.7 Å². The second kappa shape index (κ2) is 11.1. The van der Waals surface area contributed by atoms with Gasteiger partial charge >= 0.3 is 0 Å². The molecule has 0 bridgehead atoms. The first-order valence-electron chi connectivity index (χ1n) is 17.4. The van der Waals surface area contributed by atoms with Gasteiger partial charge in [0.05, 0.1) is 28.0 Å². The summed E-state index contributed by atoms with van der Waals surface area (Å²) in [5.74, 6) is -3.34. The van der Waals surface area contributed by atoms with Gasteiger partial charge < -0.3 is 5.11 Å². The van der Waals surface area contributed by atoms with Crippen molar-refractivity contribution in [1.29, 1.82) is 0 Å². The van der Waals surface area contributed by atoms with Gasteiger partial charge in [-0.25, -0.2) is 4.90 Å². The van der Waals surface area contributed by atoms with E-state index < -0.39 is 40.5 Å². The van der Waals surface area contributed by atoms with Crippen LogP contribution in [0.15, 0.2) is 48.0 Å². The number of anilines is 1. The van der Waals surface area contributed by atoms with Crippen LogP contribution in [0, 0.1) is 49.9 Å². The van der Waals surface area contributed by atoms with Crippen molar-refractivity contribution in [3.63, 3.8) is 0 Å². The lowest BCUT2D eigenvalue weighted by Gasteiger charge is -2.49. The number of rotatable bonds is 3. The molecule has 2 aliphatic heterocycles. The predicted molar refractivity (Wildman–Crippen MR) is 198 cm³/mol. The highest BCUT2D eigenvalue weighted by Gasteiger charge is 2.68. The van der Waals surface area contributed by atoms with E-state index in [-0.39, 0.29) is 35.8 Å². The summed E-state index contributed by atoms with van der Waals surface area (Å²) in [7, 11) is 1.74. The topological polar surface area (TPSA) is 113 Å². The molecule has 2 saturated heterocycles. The van der Waals surface area contributed by atoms with Gasteiger partial charge in [0.25, 0.3) is 0 Å². The summed E-state index contributed by atoms with van der Waals surface area (Å²) in [6.07, 6.45) is 2.72. The number of benzene rings is 2. The first kappa shape index (κ1) is 33.8. The SMILES string of the molecule is Cc1cc(C2C3=CCC4C(=O)N(C(C)(C)C)C(=O)C4C3CC3C(=O)N(c4cc(-c5sc6ccc(Cl)cc6c5C)nn4C)C(=O)C32C)cc(C)c1O. The average molecular weight is 725 g/mol. The number of imide groups is 2. The maximum Gasteiger partial charge on any atom is 0.242 e. The summed E-state index contributed by atoms with van der Waals surface area (Å²) in [5, 5.41) is 17.2. The molecule has 4 amide bonds. The Kier molecular flexibility index (Phi) is 7.37. The van der Waals surface area contributed by atoms with E-state index in [1.54, 1.807) is 23.1 Å². The highest BCUT2D eigenvalue weighted by molar-refractivity contribution is 7.22. The zero-order valence-electron chi connectivity index (χ0n) is 30.0. The van der Waals surface area contributed by atoms with E-state index in [1.165, 1.54) is 9.80 Å². The maximum absolute atomic E-state index is 15.1. The van der Waals surface area contributed by atoms with Crippen LogP contribution in [0.1, 0.15) is 68.7 Å². The van der Waals surface area contributed by atoms with Crippen molar-refractivity contribution >= 4 is 62.5 Å². The van der Waals surface area contributed by atoms with Crippen LogP contribution in [0.2, 0.25) is 5.02 Å². The van der Waals surface area contributed by atoms with Crippen LogP contribution in [-0.2, 0) is 26.2 Å². The number of nitrogens with zero attached hydrogens (tertiary/aromatic N) is 4. The van der Waals surface area contributed by atoms with Gasteiger partial charge in [0.1, 0.15) is 17.3 Å². The summed E-state index contributed by atoms with van der Waals surface area (Å²) in [5.41, 5.74) is 2.84. The van der Waals surface area contributed by atoms with Crippen LogP contribution < -0.4 is 4.90 Å². The number of phenolic OH excluding ortho intramolecular Hbond substituents is 1. The van der Waals surface area contributed by atoms with Crippen molar-refractivity contribution in [3.05, 3.63) is 75.3 Å². The minimum Gasteiger partial charge on any atom is -0.507 e. The Bertz CT molecular complexity index is 2260. The minimum absolute atomic E-state index is 0.175. The molecule has 0 radical (unpaired) electrons. The van der Waals surface area contributed by atoms with Crippen LogP contribution in [0.3, 0.4) is 0 Å². The first-order chi connectivity index (χ1) is 23.9. The van der Waals surface area contributed by atoms with Gasteiger partial charge in [-0.3, -0.25) is 28.8 Å². The van der Waals surface area contributed by atoms with Crippen LogP contribution in [-0.4, -0.2) is 49.0 Å². The molecular formula is C40H41ClN4O5S. The van der Waals surface area contributed by atoms with Gasteiger partial charge in [0.2, 0.25) is 23.6 Å². The molecule has 4 aromatic rings. The fourth-order valence-electron chi connectivity index (χ4n) is 9.65. The van der Waals surface area contributed by atoms with E-state index >= 15 is 4.79 Å². The zero-order valence-corrected chi connectivity index (χ0v) is 31.6. The number of hydrogen-bond acceptors (Lipinski definition) is 7. The molecule has 4 heterocycles. The number of hydrogen-bond donors (Lipinski definition) is 1. The molecule has 2 aromatic carbocycles. The van der Waals surface area contributed by atoms with Crippen molar-refractivity contribution in [2.75, 3.05) is 4.90 Å². The Balaban J connectivity index is 1.27. The standard InChI is InChI=1S/C40H41ClN4O5S/c1-18-13-21(14-19(2)33(18)46)32-23-10-11-24-31(37(49)45(35(24)47)39(4,5)6)26(23)16-27-36(48)44(38(50)40(27,32)7)30-17-28(42-43(30)8)34-20(3)25-15-22(41)9-12-29(25)51-34/h9-10,12-15,17,24,26-27,31-32,46H,11,16H2,1-8H3. The minimum atomic E-state index is -1.20. The van der Waals surface area contributed by atoms with Gasteiger partial charge in [-0.05, 0) is 113 Å². The molecule has 4 aliphatic rings. The molecule has 51 heavy (non-hydrogen) atoms. The van der Waals surface area contributed by atoms with Gasteiger partial charge in [-0.1, -0.05) is 35.4 Å². The molecule has 11 heteroatoms.